The maximum absolute atomic E-state index is 12.3. The van der Waals surface area contributed by atoms with Crippen molar-refractivity contribution in [2.45, 2.75) is 26.3 Å². The molecule has 0 saturated heterocycles. The van der Waals surface area contributed by atoms with Crippen LogP contribution in [0.25, 0.3) is 5.69 Å². The van der Waals surface area contributed by atoms with Crippen LogP contribution in [0.4, 0.5) is 0 Å². The second-order valence-corrected chi connectivity index (χ2v) is 7.15. The van der Waals surface area contributed by atoms with Crippen LogP contribution in [-0.4, -0.2) is 33.2 Å². The lowest BCUT2D eigenvalue weighted by atomic mass is 9.98. The highest BCUT2D eigenvalue weighted by atomic mass is 16.7. The highest BCUT2D eigenvalue weighted by Crippen LogP contribution is 2.37. The van der Waals surface area contributed by atoms with Crippen LogP contribution in [-0.2, 0) is 4.79 Å². The number of nitrogens with zero attached hydrogens (tertiary/aromatic N) is 4. The summed E-state index contributed by atoms with van der Waals surface area (Å²) in [4.78, 5) is 12.3. The lowest BCUT2D eigenvalue weighted by Crippen LogP contribution is -2.24. The summed E-state index contributed by atoms with van der Waals surface area (Å²) >= 11 is 0. The average molecular weight is 388 g/mol. The zero-order valence-corrected chi connectivity index (χ0v) is 16.2. The van der Waals surface area contributed by atoms with Crippen LogP contribution in [0.2, 0.25) is 0 Å². The topological polar surface area (TPSA) is 69.0 Å². The first kappa shape index (κ1) is 17.5. The third-order valence-electron chi connectivity index (χ3n) is 5.26. The van der Waals surface area contributed by atoms with Crippen molar-refractivity contribution in [3.63, 3.8) is 0 Å². The summed E-state index contributed by atoms with van der Waals surface area (Å²) in [5.74, 6) is 1.33. The van der Waals surface area contributed by atoms with Gasteiger partial charge in [-0.3, -0.25) is 4.79 Å². The van der Waals surface area contributed by atoms with Crippen molar-refractivity contribution in [2.75, 3.05) is 6.79 Å². The molecule has 0 fully saturated rings. The molecule has 0 aliphatic carbocycles. The summed E-state index contributed by atoms with van der Waals surface area (Å²) in [6, 6.07) is 15.5. The molecule has 1 amide bonds. The predicted octanol–water partition coefficient (Wildman–Crippen LogP) is 3.61. The van der Waals surface area contributed by atoms with Crippen LogP contribution in [0.5, 0.6) is 11.5 Å². The van der Waals surface area contributed by atoms with Gasteiger partial charge >= 0.3 is 0 Å². The molecule has 7 heteroatoms. The molecule has 0 bridgehead atoms. The first-order valence-corrected chi connectivity index (χ1v) is 9.49. The van der Waals surface area contributed by atoms with E-state index in [0.29, 0.717) is 12.2 Å². The first-order chi connectivity index (χ1) is 14.1. The smallest absolute Gasteiger partial charge is 0.240 e. The van der Waals surface area contributed by atoms with E-state index in [1.54, 1.807) is 5.01 Å². The Morgan fingerprint density at radius 3 is 2.69 bits per heavy atom. The van der Waals surface area contributed by atoms with Gasteiger partial charge in [-0.15, -0.1) is 0 Å². The van der Waals surface area contributed by atoms with E-state index in [9.17, 15) is 4.79 Å². The maximum atomic E-state index is 12.3. The summed E-state index contributed by atoms with van der Waals surface area (Å²) in [5.41, 5.74) is 4.62. The Morgan fingerprint density at radius 2 is 1.90 bits per heavy atom. The average Bonchev–Trinajstić information content (AvgIpc) is 3.45. The third-order valence-corrected chi connectivity index (χ3v) is 5.26. The lowest BCUT2D eigenvalue weighted by molar-refractivity contribution is -0.130. The summed E-state index contributed by atoms with van der Waals surface area (Å²) in [6.07, 6.45) is 2.60. The minimum atomic E-state index is -0.189. The molecule has 5 rings (SSSR count). The zero-order valence-electron chi connectivity index (χ0n) is 16.2. The maximum Gasteiger partial charge on any atom is 0.240 e. The van der Waals surface area contributed by atoms with E-state index in [-0.39, 0.29) is 18.7 Å². The molecule has 1 aromatic heterocycles. The second-order valence-electron chi connectivity index (χ2n) is 7.15. The Hall–Kier alpha value is -3.61. The van der Waals surface area contributed by atoms with Crippen LogP contribution in [0.3, 0.4) is 0 Å². The minimum absolute atomic E-state index is 0.0994. The fourth-order valence-electron chi connectivity index (χ4n) is 3.81. The minimum Gasteiger partial charge on any atom is -0.454 e. The first-order valence-electron chi connectivity index (χ1n) is 9.49. The Morgan fingerprint density at radius 1 is 1.10 bits per heavy atom. The van der Waals surface area contributed by atoms with Gasteiger partial charge in [0.25, 0.3) is 0 Å². The Kier molecular flexibility index (Phi) is 4.08. The van der Waals surface area contributed by atoms with Crippen LogP contribution >= 0.6 is 0 Å². The summed E-state index contributed by atoms with van der Waals surface area (Å²) in [7, 11) is 0. The van der Waals surface area contributed by atoms with Gasteiger partial charge < -0.3 is 9.47 Å². The number of hydrazone groups is 1. The van der Waals surface area contributed by atoms with Gasteiger partial charge in [-0.25, -0.2) is 9.69 Å². The van der Waals surface area contributed by atoms with E-state index in [4.69, 9.17) is 9.47 Å². The predicted molar refractivity (Wildman–Crippen MR) is 107 cm³/mol. The number of rotatable bonds is 3. The number of carbonyl (C=O) groups excluding carboxylic acids is 1. The van der Waals surface area contributed by atoms with Gasteiger partial charge in [0.15, 0.2) is 11.5 Å². The molecule has 7 nitrogen and oxygen atoms in total. The molecule has 0 saturated carbocycles. The van der Waals surface area contributed by atoms with E-state index < -0.39 is 0 Å². The van der Waals surface area contributed by atoms with Crippen LogP contribution < -0.4 is 9.47 Å². The van der Waals surface area contributed by atoms with Gasteiger partial charge in [-0.05, 0) is 37.3 Å². The van der Waals surface area contributed by atoms with Crippen molar-refractivity contribution in [3.8, 4) is 17.2 Å². The van der Waals surface area contributed by atoms with E-state index >= 15 is 0 Å². The molecule has 3 heterocycles. The molecule has 29 heavy (non-hydrogen) atoms. The molecule has 1 atom stereocenters. The second kappa shape index (κ2) is 6.77. The number of ether oxygens (including phenoxy) is 2. The number of benzene rings is 2. The van der Waals surface area contributed by atoms with E-state index in [1.165, 1.54) is 6.92 Å². The van der Waals surface area contributed by atoms with Gasteiger partial charge in [0, 0.05) is 30.7 Å². The highest BCUT2D eigenvalue weighted by Gasteiger charge is 2.34. The monoisotopic (exact) mass is 388 g/mol. The molecule has 2 aliphatic heterocycles. The van der Waals surface area contributed by atoms with Crippen LogP contribution in [0.15, 0.2) is 59.8 Å². The van der Waals surface area contributed by atoms with Gasteiger partial charge in [0.2, 0.25) is 12.7 Å². The van der Waals surface area contributed by atoms with E-state index in [0.717, 1.165) is 34.0 Å². The van der Waals surface area contributed by atoms with Crippen molar-refractivity contribution < 1.29 is 14.3 Å². The highest BCUT2D eigenvalue weighted by molar-refractivity contribution is 6.03. The molecule has 0 radical (unpaired) electrons. The Balaban J connectivity index is 1.49. The molecule has 2 aromatic carbocycles. The molecule has 3 aromatic rings. The van der Waals surface area contributed by atoms with Gasteiger partial charge in [-0.1, -0.05) is 18.2 Å². The SMILES string of the molecule is CC(=O)N1N=C(c2ccc3c(c2)OCO3)CC1c1cn(-c2ccccc2)nc1C. The van der Waals surface area contributed by atoms with Crippen LogP contribution in [0.1, 0.15) is 36.2 Å². The quantitative estimate of drug-likeness (QED) is 0.687. The Labute approximate surface area is 168 Å². The fourth-order valence-corrected chi connectivity index (χ4v) is 3.81. The molecule has 2 aliphatic rings. The molecule has 1 unspecified atom stereocenters. The molecule has 0 spiro atoms. The standard InChI is InChI=1S/C22H20N4O3/c1-14-18(12-25(23-14)17-6-4-3-5-7-17)20-11-19(24-26(20)15(2)27)16-8-9-21-22(10-16)29-13-28-21/h3-10,12,20H,11,13H2,1-2H3. The fraction of sp³-hybridized carbons (Fsp3) is 0.227. The molecule has 146 valence electrons. The molecular formula is C22H20N4O3. The normalized spacial score (nSPS) is 17.5. The summed E-state index contributed by atoms with van der Waals surface area (Å²) < 4.78 is 12.7. The number of fused-ring (bicyclic) bond motifs is 1. The van der Waals surface area contributed by atoms with Crippen molar-refractivity contribution in [1.29, 1.82) is 0 Å². The van der Waals surface area contributed by atoms with Crippen molar-refractivity contribution in [2.24, 2.45) is 5.10 Å². The van der Waals surface area contributed by atoms with Gasteiger partial charge in [0.1, 0.15) is 0 Å². The Bertz CT molecular complexity index is 1120. The van der Waals surface area contributed by atoms with Gasteiger partial charge in [-0.2, -0.15) is 10.2 Å². The third kappa shape index (κ3) is 3.04. The summed E-state index contributed by atoms with van der Waals surface area (Å²) in [6.45, 7) is 3.73. The largest absolute Gasteiger partial charge is 0.454 e. The van der Waals surface area contributed by atoms with Crippen molar-refractivity contribution in [1.82, 2.24) is 14.8 Å². The van der Waals surface area contributed by atoms with E-state index in [1.807, 2.05) is 66.3 Å². The van der Waals surface area contributed by atoms with Crippen molar-refractivity contribution in [3.05, 3.63) is 71.5 Å². The summed E-state index contributed by atoms with van der Waals surface area (Å²) in [5, 5.41) is 10.8. The number of aromatic nitrogens is 2. The van der Waals surface area contributed by atoms with Crippen molar-refractivity contribution >= 4 is 11.6 Å². The zero-order chi connectivity index (χ0) is 20.0. The number of amides is 1. The number of hydrogen-bond acceptors (Lipinski definition) is 5. The number of aryl methyl sites for hydroxylation is 1. The number of para-hydroxylation sites is 1. The lowest BCUT2D eigenvalue weighted by Gasteiger charge is -2.19. The molecule has 0 N–H and O–H groups in total. The number of carbonyl (C=O) groups is 1. The van der Waals surface area contributed by atoms with Crippen LogP contribution in [0, 0.1) is 6.92 Å². The molecular weight excluding hydrogens is 368 g/mol. The van der Waals surface area contributed by atoms with Gasteiger partial charge in [0.05, 0.1) is 23.1 Å². The number of hydrogen-bond donors (Lipinski definition) is 0. The van der Waals surface area contributed by atoms with E-state index in [2.05, 4.69) is 10.2 Å².